The number of carboxylic acids is 1. The molecule has 1 rings (SSSR count). The lowest BCUT2D eigenvalue weighted by Crippen LogP contribution is -2.16. The van der Waals surface area contributed by atoms with Crippen LogP contribution in [0.15, 0.2) is 18.2 Å². The predicted octanol–water partition coefficient (Wildman–Crippen LogP) is 3.08. The van der Waals surface area contributed by atoms with Crippen LogP contribution in [0.5, 0.6) is 5.75 Å². The van der Waals surface area contributed by atoms with Crippen molar-refractivity contribution in [2.45, 2.75) is 32.7 Å². The number of carboxylic acid groups (broad SMARTS) is 1. The second-order valence-corrected chi connectivity index (χ2v) is 4.75. The van der Waals surface area contributed by atoms with E-state index in [2.05, 4.69) is 12.2 Å². The summed E-state index contributed by atoms with van der Waals surface area (Å²) >= 11 is 5.94. The second-order valence-electron chi connectivity index (χ2n) is 4.32. The Balaban J connectivity index is 2.53. The number of hydrogen-bond acceptors (Lipinski definition) is 3. The summed E-state index contributed by atoms with van der Waals surface area (Å²) < 4.78 is 5.23. The van der Waals surface area contributed by atoms with E-state index in [0.29, 0.717) is 17.3 Å². The Morgan fingerprint density at radius 1 is 1.42 bits per heavy atom. The standard InChI is InChI=1S/C14H20ClNO3/c1-2-3-4-7-16-9-11-8-12(15)5-6-13(11)19-10-14(17)18/h5-6,8,16H,2-4,7,9-10H2,1H3,(H,17,18). The van der Waals surface area contributed by atoms with Crippen molar-refractivity contribution in [3.63, 3.8) is 0 Å². The van der Waals surface area contributed by atoms with Gasteiger partial charge in [0, 0.05) is 17.1 Å². The second kappa shape index (κ2) is 8.77. The Hall–Kier alpha value is -1.26. The predicted molar refractivity (Wildman–Crippen MR) is 75.8 cm³/mol. The lowest BCUT2D eigenvalue weighted by Gasteiger charge is -2.11. The van der Waals surface area contributed by atoms with E-state index in [9.17, 15) is 4.79 Å². The molecule has 2 N–H and O–H groups in total. The topological polar surface area (TPSA) is 58.6 Å². The third-order valence-electron chi connectivity index (χ3n) is 2.65. The molecule has 0 radical (unpaired) electrons. The van der Waals surface area contributed by atoms with Crippen LogP contribution in [-0.4, -0.2) is 24.2 Å². The van der Waals surface area contributed by atoms with Crippen LogP contribution >= 0.6 is 11.6 Å². The Bertz CT molecular complexity index is 410. The molecule has 0 aliphatic carbocycles. The fourth-order valence-electron chi connectivity index (χ4n) is 1.69. The molecule has 4 nitrogen and oxygen atoms in total. The first kappa shape index (κ1) is 15.8. The van der Waals surface area contributed by atoms with E-state index >= 15 is 0 Å². The van der Waals surface area contributed by atoms with Gasteiger partial charge in [0.15, 0.2) is 6.61 Å². The van der Waals surface area contributed by atoms with Gasteiger partial charge < -0.3 is 15.2 Å². The Morgan fingerprint density at radius 3 is 2.89 bits per heavy atom. The first-order chi connectivity index (χ1) is 9.13. The SMILES string of the molecule is CCCCCNCc1cc(Cl)ccc1OCC(=O)O. The average molecular weight is 286 g/mol. The smallest absolute Gasteiger partial charge is 0.341 e. The van der Waals surface area contributed by atoms with Gasteiger partial charge in [-0.05, 0) is 31.2 Å². The summed E-state index contributed by atoms with van der Waals surface area (Å²) in [7, 11) is 0. The molecule has 0 atom stereocenters. The first-order valence-corrected chi connectivity index (χ1v) is 6.85. The van der Waals surface area contributed by atoms with E-state index in [0.717, 1.165) is 18.5 Å². The van der Waals surface area contributed by atoms with Gasteiger partial charge in [-0.25, -0.2) is 4.79 Å². The fourth-order valence-corrected chi connectivity index (χ4v) is 1.88. The summed E-state index contributed by atoms with van der Waals surface area (Å²) in [6.45, 7) is 3.37. The molecule has 0 spiro atoms. The molecule has 0 aliphatic rings. The highest BCUT2D eigenvalue weighted by molar-refractivity contribution is 6.30. The molecule has 0 saturated carbocycles. The van der Waals surface area contributed by atoms with Gasteiger partial charge >= 0.3 is 5.97 Å². The van der Waals surface area contributed by atoms with Gasteiger partial charge in [0.2, 0.25) is 0 Å². The molecule has 0 saturated heterocycles. The molecule has 5 heteroatoms. The van der Waals surface area contributed by atoms with Crippen LogP contribution in [0.3, 0.4) is 0 Å². The molecule has 0 amide bonds. The van der Waals surface area contributed by atoms with Crippen molar-refractivity contribution in [2.24, 2.45) is 0 Å². The minimum absolute atomic E-state index is 0.343. The summed E-state index contributed by atoms with van der Waals surface area (Å²) in [5.74, 6) is -0.424. The first-order valence-electron chi connectivity index (χ1n) is 6.47. The maximum absolute atomic E-state index is 10.5. The fraction of sp³-hybridized carbons (Fsp3) is 0.500. The molecule has 1 aromatic rings. The molecule has 1 aromatic carbocycles. The average Bonchev–Trinajstić information content (AvgIpc) is 2.37. The zero-order valence-electron chi connectivity index (χ0n) is 11.1. The van der Waals surface area contributed by atoms with Crippen LogP contribution < -0.4 is 10.1 Å². The van der Waals surface area contributed by atoms with E-state index in [1.165, 1.54) is 12.8 Å². The van der Waals surface area contributed by atoms with Crippen molar-refractivity contribution in [3.8, 4) is 5.75 Å². The van der Waals surface area contributed by atoms with Gasteiger partial charge in [0.1, 0.15) is 5.75 Å². The molecule has 19 heavy (non-hydrogen) atoms. The summed E-state index contributed by atoms with van der Waals surface area (Å²) in [5.41, 5.74) is 0.880. The van der Waals surface area contributed by atoms with Crippen molar-refractivity contribution in [1.29, 1.82) is 0 Å². The minimum Gasteiger partial charge on any atom is -0.482 e. The molecule has 0 fully saturated rings. The zero-order chi connectivity index (χ0) is 14.1. The van der Waals surface area contributed by atoms with Crippen molar-refractivity contribution in [3.05, 3.63) is 28.8 Å². The van der Waals surface area contributed by atoms with Crippen LogP contribution in [-0.2, 0) is 11.3 Å². The van der Waals surface area contributed by atoms with Crippen molar-refractivity contribution >= 4 is 17.6 Å². The van der Waals surface area contributed by atoms with E-state index < -0.39 is 5.97 Å². The normalized spacial score (nSPS) is 10.4. The molecule has 0 aliphatic heterocycles. The van der Waals surface area contributed by atoms with E-state index in [1.807, 2.05) is 0 Å². The van der Waals surface area contributed by atoms with Crippen molar-refractivity contribution in [2.75, 3.05) is 13.2 Å². The Kier molecular flexibility index (Phi) is 7.30. The summed E-state index contributed by atoms with van der Waals surface area (Å²) in [6, 6.07) is 5.19. The van der Waals surface area contributed by atoms with Gasteiger partial charge in [-0.3, -0.25) is 0 Å². The van der Waals surface area contributed by atoms with E-state index in [4.69, 9.17) is 21.4 Å². The van der Waals surface area contributed by atoms with Crippen LogP contribution in [0.1, 0.15) is 31.7 Å². The molecule has 0 bridgehead atoms. The molecule has 0 aromatic heterocycles. The summed E-state index contributed by atoms with van der Waals surface area (Å²) in [4.78, 5) is 10.5. The Labute approximate surface area is 118 Å². The van der Waals surface area contributed by atoms with Gasteiger partial charge in [0.05, 0.1) is 0 Å². The monoisotopic (exact) mass is 285 g/mol. The van der Waals surface area contributed by atoms with Crippen molar-refractivity contribution < 1.29 is 14.6 Å². The van der Waals surface area contributed by atoms with Crippen LogP contribution in [0.2, 0.25) is 5.02 Å². The minimum atomic E-state index is -0.989. The zero-order valence-corrected chi connectivity index (χ0v) is 11.9. The maximum atomic E-state index is 10.5. The van der Waals surface area contributed by atoms with E-state index in [-0.39, 0.29) is 6.61 Å². The lowest BCUT2D eigenvalue weighted by atomic mass is 10.2. The number of ether oxygens (including phenoxy) is 1. The van der Waals surface area contributed by atoms with Crippen LogP contribution in [0.4, 0.5) is 0 Å². The highest BCUT2D eigenvalue weighted by Crippen LogP contribution is 2.22. The van der Waals surface area contributed by atoms with Crippen molar-refractivity contribution in [1.82, 2.24) is 5.32 Å². The number of halogens is 1. The number of rotatable bonds is 9. The quantitative estimate of drug-likeness (QED) is 0.685. The molecular weight excluding hydrogens is 266 g/mol. The number of nitrogens with one attached hydrogen (secondary N) is 1. The number of benzene rings is 1. The number of unbranched alkanes of at least 4 members (excludes halogenated alkanes) is 2. The number of aliphatic carboxylic acids is 1. The lowest BCUT2D eigenvalue weighted by molar-refractivity contribution is -0.139. The Morgan fingerprint density at radius 2 is 2.21 bits per heavy atom. The highest BCUT2D eigenvalue weighted by atomic mass is 35.5. The molecule has 106 valence electrons. The summed E-state index contributed by atoms with van der Waals surface area (Å²) in [6.07, 6.45) is 3.51. The highest BCUT2D eigenvalue weighted by Gasteiger charge is 2.06. The molecule has 0 unspecified atom stereocenters. The van der Waals surface area contributed by atoms with Crippen LogP contribution in [0.25, 0.3) is 0 Å². The van der Waals surface area contributed by atoms with Gasteiger partial charge in [-0.2, -0.15) is 0 Å². The van der Waals surface area contributed by atoms with Gasteiger partial charge in [0.25, 0.3) is 0 Å². The summed E-state index contributed by atoms with van der Waals surface area (Å²) in [5, 5.41) is 12.6. The molecular formula is C14H20ClNO3. The maximum Gasteiger partial charge on any atom is 0.341 e. The van der Waals surface area contributed by atoms with Gasteiger partial charge in [-0.15, -0.1) is 0 Å². The number of carbonyl (C=O) groups is 1. The van der Waals surface area contributed by atoms with Gasteiger partial charge in [-0.1, -0.05) is 31.4 Å². The van der Waals surface area contributed by atoms with Crippen LogP contribution in [0, 0.1) is 0 Å². The number of hydrogen-bond donors (Lipinski definition) is 2. The largest absolute Gasteiger partial charge is 0.482 e. The van der Waals surface area contributed by atoms with E-state index in [1.54, 1.807) is 18.2 Å². The third kappa shape index (κ3) is 6.45. The third-order valence-corrected chi connectivity index (χ3v) is 2.88. The molecule has 0 heterocycles.